The minimum absolute atomic E-state index is 0.199. The van der Waals surface area contributed by atoms with E-state index in [0.29, 0.717) is 23.2 Å². The van der Waals surface area contributed by atoms with Crippen LogP contribution >= 0.6 is 0 Å². The molecule has 3 heteroatoms. The maximum atomic E-state index is 12.2. The molecular weight excluding hydrogens is 238 g/mol. The molecular formula is C16H29NO2. The minimum Gasteiger partial charge on any atom is -0.395 e. The van der Waals surface area contributed by atoms with Crippen LogP contribution in [-0.2, 0) is 4.79 Å². The van der Waals surface area contributed by atoms with Gasteiger partial charge in [-0.1, -0.05) is 20.8 Å². The molecule has 0 spiro atoms. The molecule has 2 aliphatic rings. The van der Waals surface area contributed by atoms with E-state index in [0.717, 1.165) is 32.4 Å². The topological polar surface area (TPSA) is 40.5 Å². The fraction of sp³-hybridized carbons (Fsp3) is 0.938. The van der Waals surface area contributed by atoms with Gasteiger partial charge >= 0.3 is 0 Å². The molecule has 0 aromatic heterocycles. The largest absolute Gasteiger partial charge is 0.395 e. The average Bonchev–Trinajstić information content (AvgIpc) is 3.13. The van der Waals surface area contributed by atoms with Crippen molar-refractivity contribution >= 4 is 5.78 Å². The number of carbonyl (C=O) groups excluding carboxylic acids is 1. The van der Waals surface area contributed by atoms with Crippen molar-refractivity contribution in [3.63, 3.8) is 0 Å². The maximum Gasteiger partial charge on any atom is 0.137 e. The SMILES string of the molecule is CC(C)(C)C1CCC(=O)C(CN(CCO)C2CC2)C1. The van der Waals surface area contributed by atoms with Gasteiger partial charge in [0.25, 0.3) is 0 Å². The molecule has 19 heavy (non-hydrogen) atoms. The van der Waals surface area contributed by atoms with Crippen LogP contribution < -0.4 is 0 Å². The van der Waals surface area contributed by atoms with Gasteiger partial charge in [-0.15, -0.1) is 0 Å². The standard InChI is InChI=1S/C16H29NO2/c1-16(2,3)13-4-7-15(19)12(10-13)11-17(8-9-18)14-5-6-14/h12-14,18H,4-11H2,1-3H3. The van der Waals surface area contributed by atoms with Gasteiger partial charge in [-0.3, -0.25) is 9.69 Å². The van der Waals surface area contributed by atoms with Gasteiger partial charge in [-0.25, -0.2) is 0 Å². The summed E-state index contributed by atoms with van der Waals surface area (Å²) in [6.45, 7) is 8.68. The molecule has 0 bridgehead atoms. The first-order valence-corrected chi connectivity index (χ1v) is 7.79. The molecule has 2 fully saturated rings. The number of aliphatic hydroxyl groups is 1. The van der Waals surface area contributed by atoms with Crippen molar-refractivity contribution in [2.24, 2.45) is 17.3 Å². The highest BCUT2D eigenvalue weighted by atomic mass is 16.3. The minimum atomic E-state index is 0.199. The van der Waals surface area contributed by atoms with Gasteiger partial charge in [0.2, 0.25) is 0 Å². The van der Waals surface area contributed by atoms with E-state index in [4.69, 9.17) is 5.11 Å². The van der Waals surface area contributed by atoms with Gasteiger partial charge in [0.1, 0.15) is 5.78 Å². The van der Waals surface area contributed by atoms with Crippen LogP contribution in [0.3, 0.4) is 0 Å². The maximum absolute atomic E-state index is 12.2. The van der Waals surface area contributed by atoms with Crippen LogP contribution in [0.25, 0.3) is 0 Å². The lowest BCUT2D eigenvalue weighted by Gasteiger charge is -2.38. The lowest BCUT2D eigenvalue weighted by atomic mass is 9.68. The second-order valence-electron chi connectivity index (χ2n) is 7.45. The average molecular weight is 267 g/mol. The van der Waals surface area contributed by atoms with Crippen molar-refractivity contribution in [2.45, 2.75) is 58.9 Å². The zero-order valence-electron chi connectivity index (χ0n) is 12.7. The summed E-state index contributed by atoms with van der Waals surface area (Å²) in [5.74, 6) is 1.31. The van der Waals surface area contributed by atoms with Crippen LogP contribution in [-0.4, -0.2) is 41.5 Å². The Bertz CT molecular complexity index is 317. The molecule has 2 saturated carbocycles. The Balaban J connectivity index is 1.94. The van der Waals surface area contributed by atoms with Gasteiger partial charge in [0.15, 0.2) is 0 Å². The zero-order valence-corrected chi connectivity index (χ0v) is 12.7. The summed E-state index contributed by atoms with van der Waals surface area (Å²) in [6.07, 6.45) is 5.33. The third-order valence-corrected chi connectivity index (χ3v) is 4.89. The first-order valence-electron chi connectivity index (χ1n) is 7.79. The number of aliphatic hydroxyl groups excluding tert-OH is 1. The summed E-state index contributed by atoms with van der Waals surface area (Å²) in [5.41, 5.74) is 0.306. The van der Waals surface area contributed by atoms with E-state index >= 15 is 0 Å². The van der Waals surface area contributed by atoms with Crippen molar-refractivity contribution in [2.75, 3.05) is 19.7 Å². The van der Waals surface area contributed by atoms with Crippen LogP contribution in [0.4, 0.5) is 0 Å². The predicted molar refractivity (Wildman–Crippen MR) is 77.0 cm³/mol. The van der Waals surface area contributed by atoms with E-state index in [-0.39, 0.29) is 12.5 Å². The molecule has 110 valence electrons. The molecule has 0 heterocycles. The summed E-state index contributed by atoms with van der Waals surface area (Å²) in [5, 5.41) is 9.16. The van der Waals surface area contributed by atoms with Crippen LogP contribution in [0, 0.1) is 17.3 Å². The quantitative estimate of drug-likeness (QED) is 0.832. The smallest absolute Gasteiger partial charge is 0.137 e. The number of hydrogen-bond acceptors (Lipinski definition) is 3. The number of carbonyl (C=O) groups is 1. The van der Waals surface area contributed by atoms with Crippen LogP contribution in [0.5, 0.6) is 0 Å². The summed E-state index contributed by atoms with van der Waals surface area (Å²) in [4.78, 5) is 14.5. The molecule has 1 N–H and O–H groups in total. The number of ketones is 1. The molecule has 2 atom stereocenters. The second-order valence-corrected chi connectivity index (χ2v) is 7.45. The molecule has 0 aliphatic heterocycles. The molecule has 0 aromatic rings. The highest BCUT2D eigenvalue weighted by molar-refractivity contribution is 5.82. The van der Waals surface area contributed by atoms with Crippen LogP contribution in [0.1, 0.15) is 52.9 Å². The summed E-state index contributed by atoms with van der Waals surface area (Å²) in [7, 11) is 0. The Morgan fingerprint density at radius 2 is 1.95 bits per heavy atom. The molecule has 0 aromatic carbocycles. The first-order chi connectivity index (χ1) is 8.91. The molecule has 0 saturated heterocycles. The summed E-state index contributed by atoms with van der Waals surface area (Å²) in [6, 6.07) is 0.634. The Morgan fingerprint density at radius 1 is 1.26 bits per heavy atom. The fourth-order valence-corrected chi connectivity index (χ4v) is 3.35. The van der Waals surface area contributed by atoms with Crippen molar-refractivity contribution in [3.8, 4) is 0 Å². The van der Waals surface area contributed by atoms with Crippen LogP contribution in [0.2, 0.25) is 0 Å². The number of hydrogen-bond donors (Lipinski definition) is 1. The Morgan fingerprint density at radius 3 is 2.47 bits per heavy atom. The zero-order chi connectivity index (χ0) is 14.0. The van der Waals surface area contributed by atoms with Gasteiger partial charge in [-0.05, 0) is 37.0 Å². The Labute approximate surface area is 117 Å². The Kier molecular flexibility index (Phi) is 4.67. The van der Waals surface area contributed by atoms with Crippen molar-refractivity contribution < 1.29 is 9.90 Å². The van der Waals surface area contributed by atoms with Crippen molar-refractivity contribution in [1.29, 1.82) is 0 Å². The van der Waals surface area contributed by atoms with E-state index in [1.54, 1.807) is 0 Å². The fourth-order valence-electron chi connectivity index (χ4n) is 3.35. The van der Waals surface area contributed by atoms with Gasteiger partial charge in [-0.2, -0.15) is 0 Å². The van der Waals surface area contributed by atoms with Crippen molar-refractivity contribution in [1.82, 2.24) is 4.90 Å². The molecule has 0 radical (unpaired) electrons. The number of nitrogens with zero attached hydrogens (tertiary/aromatic N) is 1. The Hall–Kier alpha value is -0.410. The first kappa shape index (κ1) is 15.0. The number of Topliss-reactive ketones (excluding diaryl/α,β-unsaturated/α-hetero) is 1. The lowest BCUT2D eigenvalue weighted by Crippen LogP contribution is -2.41. The van der Waals surface area contributed by atoms with Gasteiger partial charge < -0.3 is 5.11 Å². The van der Waals surface area contributed by atoms with Crippen LogP contribution in [0.15, 0.2) is 0 Å². The molecule has 3 nitrogen and oxygen atoms in total. The molecule has 2 unspecified atom stereocenters. The van der Waals surface area contributed by atoms with Crippen molar-refractivity contribution in [3.05, 3.63) is 0 Å². The predicted octanol–water partition coefficient (Wildman–Crippen LogP) is 2.47. The summed E-state index contributed by atoms with van der Waals surface area (Å²) >= 11 is 0. The van der Waals surface area contributed by atoms with Gasteiger partial charge in [0.05, 0.1) is 6.61 Å². The molecule has 2 aliphatic carbocycles. The molecule has 2 rings (SSSR count). The monoisotopic (exact) mass is 267 g/mol. The van der Waals surface area contributed by atoms with Gasteiger partial charge in [0, 0.05) is 31.5 Å². The number of rotatable bonds is 5. The highest BCUT2D eigenvalue weighted by Crippen LogP contribution is 2.40. The van der Waals surface area contributed by atoms with E-state index in [1.165, 1.54) is 12.8 Å². The van der Waals surface area contributed by atoms with E-state index in [9.17, 15) is 4.79 Å². The third-order valence-electron chi connectivity index (χ3n) is 4.89. The normalized spacial score (nSPS) is 29.0. The lowest BCUT2D eigenvalue weighted by molar-refractivity contribution is -0.127. The summed E-state index contributed by atoms with van der Waals surface area (Å²) < 4.78 is 0. The van der Waals surface area contributed by atoms with E-state index < -0.39 is 0 Å². The highest BCUT2D eigenvalue weighted by Gasteiger charge is 2.37. The van der Waals surface area contributed by atoms with E-state index in [1.807, 2.05) is 0 Å². The third kappa shape index (κ3) is 4.03. The van der Waals surface area contributed by atoms with E-state index in [2.05, 4.69) is 25.7 Å². The molecule has 0 amide bonds. The second kappa shape index (κ2) is 5.92.